The zero-order valence-corrected chi connectivity index (χ0v) is 21.7. The summed E-state index contributed by atoms with van der Waals surface area (Å²) in [5.74, 6) is -1.15. The summed E-state index contributed by atoms with van der Waals surface area (Å²) in [6.07, 6.45) is 1.90. The number of nitro benzene ring substituents is 1. The minimum absolute atomic E-state index is 0.257. The maximum absolute atomic E-state index is 13.7. The van der Waals surface area contributed by atoms with Crippen LogP contribution in [0, 0.1) is 16.0 Å². The van der Waals surface area contributed by atoms with Crippen LogP contribution >= 0.6 is 0 Å². The SMILES string of the molecule is C=CCON(C1C=C(C(C)C)C(C(N)=O)N(C(=O)OC(C)(C)C)C1)S(=O)(=O)c1ccccc1[N+](=O)[O-]. The molecule has 0 saturated heterocycles. The maximum atomic E-state index is 13.7. The lowest BCUT2D eigenvalue weighted by Crippen LogP contribution is -2.59. The molecular weight excluding hydrogens is 492 g/mol. The van der Waals surface area contributed by atoms with Crippen molar-refractivity contribution in [1.82, 2.24) is 9.37 Å². The fourth-order valence-electron chi connectivity index (χ4n) is 3.70. The van der Waals surface area contributed by atoms with Gasteiger partial charge in [-0.1, -0.05) is 42.6 Å². The topological polar surface area (TPSA) is 162 Å². The molecule has 0 aromatic heterocycles. The Morgan fingerprint density at radius 2 is 1.94 bits per heavy atom. The molecule has 198 valence electrons. The zero-order chi connectivity index (χ0) is 27.4. The number of para-hydroxylation sites is 1. The van der Waals surface area contributed by atoms with Crippen LogP contribution in [-0.4, -0.2) is 65.5 Å². The number of nitro groups is 1. The van der Waals surface area contributed by atoms with Gasteiger partial charge in [-0.15, -0.1) is 6.58 Å². The lowest BCUT2D eigenvalue weighted by Gasteiger charge is -2.41. The number of hydrogen-bond donors (Lipinski definition) is 1. The lowest BCUT2D eigenvalue weighted by molar-refractivity contribution is -0.388. The van der Waals surface area contributed by atoms with E-state index in [-0.39, 0.29) is 19.1 Å². The average molecular weight is 525 g/mol. The second-order valence-corrected chi connectivity index (χ2v) is 11.1. The summed E-state index contributed by atoms with van der Waals surface area (Å²) in [4.78, 5) is 42.2. The van der Waals surface area contributed by atoms with Gasteiger partial charge < -0.3 is 10.5 Å². The molecule has 2 amide bonds. The number of amides is 2. The van der Waals surface area contributed by atoms with Crippen LogP contribution in [0.2, 0.25) is 0 Å². The number of carbonyl (C=O) groups excluding carboxylic acids is 2. The highest BCUT2D eigenvalue weighted by atomic mass is 32.2. The van der Waals surface area contributed by atoms with Gasteiger partial charge in [0.05, 0.1) is 17.6 Å². The minimum atomic E-state index is -4.64. The number of carbonyl (C=O) groups is 2. The standard InChI is InChI=1S/C23H32N4O8S/c1-7-12-34-27(36(32,33)19-11-9-8-10-18(19)26(30)31)16-13-17(15(2)3)20(21(24)28)25(14-16)22(29)35-23(4,5)6/h7-11,13,15-16,20H,1,12,14H2,2-6H3,(H2,24,28). The van der Waals surface area contributed by atoms with Crippen molar-refractivity contribution in [2.45, 2.75) is 57.2 Å². The van der Waals surface area contributed by atoms with Gasteiger partial charge in [0.15, 0.2) is 4.90 Å². The van der Waals surface area contributed by atoms with Crippen molar-refractivity contribution in [2.75, 3.05) is 13.2 Å². The van der Waals surface area contributed by atoms with E-state index in [1.165, 1.54) is 24.3 Å². The summed E-state index contributed by atoms with van der Waals surface area (Å²) in [5.41, 5.74) is 4.45. The van der Waals surface area contributed by atoms with E-state index in [1.54, 1.807) is 34.6 Å². The Labute approximate surface area is 210 Å². The van der Waals surface area contributed by atoms with Crippen molar-refractivity contribution in [3.63, 3.8) is 0 Å². The van der Waals surface area contributed by atoms with Crippen LogP contribution < -0.4 is 5.73 Å². The molecule has 13 heteroatoms. The number of nitrogens with two attached hydrogens (primary N) is 1. The van der Waals surface area contributed by atoms with Gasteiger partial charge in [0.25, 0.3) is 15.7 Å². The predicted molar refractivity (Wildman–Crippen MR) is 131 cm³/mol. The summed E-state index contributed by atoms with van der Waals surface area (Å²) in [5, 5.41) is 11.5. The fourth-order valence-corrected chi connectivity index (χ4v) is 5.23. The highest BCUT2D eigenvalue weighted by Gasteiger charge is 2.45. The minimum Gasteiger partial charge on any atom is -0.444 e. The number of primary amides is 1. The molecule has 2 N–H and O–H groups in total. The maximum Gasteiger partial charge on any atom is 0.411 e. The van der Waals surface area contributed by atoms with Crippen molar-refractivity contribution >= 4 is 27.7 Å². The number of ether oxygens (including phenoxy) is 1. The van der Waals surface area contributed by atoms with Gasteiger partial charge in [-0.25, -0.2) is 13.2 Å². The molecule has 0 spiro atoms. The molecule has 0 aliphatic carbocycles. The molecule has 1 aromatic carbocycles. The Hall–Kier alpha value is -3.29. The third-order valence-electron chi connectivity index (χ3n) is 5.13. The average Bonchev–Trinajstić information content (AvgIpc) is 2.77. The number of hydrogen-bond acceptors (Lipinski definition) is 8. The van der Waals surface area contributed by atoms with Crippen molar-refractivity contribution in [1.29, 1.82) is 0 Å². The smallest absolute Gasteiger partial charge is 0.411 e. The Morgan fingerprint density at radius 3 is 2.44 bits per heavy atom. The van der Waals surface area contributed by atoms with Crippen LogP contribution in [0.4, 0.5) is 10.5 Å². The van der Waals surface area contributed by atoms with E-state index in [2.05, 4.69) is 6.58 Å². The second-order valence-electron chi connectivity index (χ2n) is 9.40. The molecule has 1 heterocycles. The molecule has 2 rings (SSSR count). The molecule has 1 aliphatic rings. The van der Waals surface area contributed by atoms with Crippen LogP contribution in [0.5, 0.6) is 0 Å². The second kappa shape index (κ2) is 11.2. The molecule has 0 bridgehead atoms. The zero-order valence-electron chi connectivity index (χ0n) is 20.9. The fraction of sp³-hybridized carbons (Fsp3) is 0.478. The molecule has 2 atom stereocenters. The third-order valence-corrected chi connectivity index (χ3v) is 6.88. The van der Waals surface area contributed by atoms with Gasteiger partial charge in [-0.2, -0.15) is 0 Å². The van der Waals surface area contributed by atoms with Crippen LogP contribution in [0.1, 0.15) is 34.6 Å². The third kappa shape index (κ3) is 6.47. The summed E-state index contributed by atoms with van der Waals surface area (Å²) in [6.45, 7) is 11.3. The quantitative estimate of drug-likeness (QED) is 0.293. The van der Waals surface area contributed by atoms with E-state index >= 15 is 0 Å². The van der Waals surface area contributed by atoms with E-state index in [0.29, 0.717) is 10.0 Å². The summed E-state index contributed by atoms with van der Waals surface area (Å²) >= 11 is 0. The number of nitrogens with zero attached hydrogens (tertiary/aromatic N) is 3. The first kappa shape index (κ1) is 28.9. The van der Waals surface area contributed by atoms with E-state index in [1.807, 2.05) is 0 Å². The summed E-state index contributed by atoms with van der Waals surface area (Å²) in [6, 6.07) is 2.47. The first-order valence-corrected chi connectivity index (χ1v) is 12.6. The van der Waals surface area contributed by atoms with Crippen molar-refractivity contribution < 1.29 is 32.5 Å². The van der Waals surface area contributed by atoms with Crippen LogP contribution in [0.25, 0.3) is 0 Å². The molecule has 0 fully saturated rings. The van der Waals surface area contributed by atoms with E-state index < -0.39 is 55.2 Å². The molecule has 1 aliphatic heterocycles. The Balaban J connectivity index is 2.70. The van der Waals surface area contributed by atoms with Gasteiger partial charge in [0.2, 0.25) is 5.91 Å². The molecule has 1 aromatic rings. The lowest BCUT2D eigenvalue weighted by atomic mass is 9.89. The Morgan fingerprint density at radius 1 is 1.33 bits per heavy atom. The van der Waals surface area contributed by atoms with Crippen molar-refractivity contribution in [3.05, 3.63) is 58.7 Å². The van der Waals surface area contributed by atoms with E-state index in [0.717, 1.165) is 17.0 Å². The van der Waals surface area contributed by atoms with Gasteiger partial charge in [-0.3, -0.25) is 24.6 Å². The van der Waals surface area contributed by atoms with Gasteiger partial charge >= 0.3 is 6.09 Å². The molecule has 0 saturated carbocycles. The molecule has 0 radical (unpaired) electrons. The largest absolute Gasteiger partial charge is 0.444 e. The molecule has 12 nitrogen and oxygen atoms in total. The predicted octanol–water partition coefficient (Wildman–Crippen LogP) is 2.76. The van der Waals surface area contributed by atoms with Gasteiger partial charge in [-0.05, 0) is 38.3 Å². The number of benzene rings is 1. The highest BCUT2D eigenvalue weighted by molar-refractivity contribution is 7.89. The van der Waals surface area contributed by atoms with Crippen LogP contribution in [0.15, 0.2) is 53.5 Å². The van der Waals surface area contributed by atoms with E-state index in [9.17, 15) is 28.1 Å². The van der Waals surface area contributed by atoms with Crippen molar-refractivity contribution in [2.24, 2.45) is 11.7 Å². The monoisotopic (exact) mass is 524 g/mol. The number of rotatable bonds is 9. The summed E-state index contributed by atoms with van der Waals surface area (Å²) < 4.78 is 33.4. The number of hydroxylamine groups is 1. The molecule has 36 heavy (non-hydrogen) atoms. The highest BCUT2D eigenvalue weighted by Crippen LogP contribution is 2.33. The van der Waals surface area contributed by atoms with Crippen LogP contribution in [-0.2, 0) is 24.4 Å². The van der Waals surface area contributed by atoms with Crippen LogP contribution in [0.3, 0.4) is 0 Å². The Kier molecular flexibility index (Phi) is 8.99. The Bertz CT molecular complexity index is 1160. The molecule has 2 unspecified atom stereocenters. The van der Waals surface area contributed by atoms with Crippen molar-refractivity contribution in [3.8, 4) is 0 Å². The van der Waals surface area contributed by atoms with E-state index in [4.69, 9.17) is 15.3 Å². The normalized spacial score (nSPS) is 18.6. The first-order chi connectivity index (χ1) is 16.6. The number of sulfonamides is 1. The summed E-state index contributed by atoms with van der Waals surface area (Å²) in [7, 11) is -4.64. The van der Waals surface area contributed by atoms with Gasteiger partial charge in [0, 0.05) is 12.6 Å². The van der Waals surface area contributed by atoms with Gasteiger partial charge in [0.1, 0.15) is 11.6 Å². The first-order valence-electron chi connectivity index (χ1n) is 11.1. The molecular formula is C23H32N4O8S.